The molecule has 0 unspecified atom stereocenters. The molecule has 0 fully saturated rings. The second kappa shape index (κ2) is 5.17. The average molecular weight is 265 g/mol. The van der Waals surface area contributed by atoms with Gasteiger partial charge in [0.1, 0.15) is 0 Å². The maximum atomic E-state index is 13.1. The van der Waals surface area contributed by atoms with Crippen molar-refractivity contribution in [3.63, 3.8) is 0 Å². The lowest BCUT2D eigenvalue weighted by molar-refractivity contribution is 0.0784. The minimum atomic E-state index is -1.03. The standard InChI is InChI=1S/C13H13F2N3O/c1-17(7-9-6-16-18(2)8-9)13(19)10-3-4-11(14)12(15)5-10/h3-6,8H,7H2,1-2H3. The second-order valence-corrected chi connectivity index (χ2v) is 4.31. The number of benzene rings is 1. The van der Waals surface area contributed by atoms with Gasteiger partial charge in [-0.15, -0.1) is 0 Å². The van der Waals surface area contributed by atoms with E-state index in [-0.39, 0.29) is 11.5 Å². The van der Waals surface area contributed by atoms with E-state index >= 15 is 0 Å². The van der Waals surface area contributed by atoms with Crippen molar-refractivity contribution in [1.82, 2.24) is 14.7 Å². The summed E-state index contributed by atoms with van der Waals surface area (Å²) >= 11 is 0. The van der Waals surface area contributed by atoms with E-state index in [0.29, 0.717) is 6.54 Å². The maximum absolute atomic E-state index is 13.1. The fourth-order valence-corrected chi connectivity index (χ4v) is 1.75. The average Bonchev–Trinajstić information content (AvgIpc) is 2.77. The minimum absolute atomic E-state index is 0.116. The highest BCUT2D eigenvalue weighted by atomic mass is 19.2. The summed E-state index contributed by atoms with van der Waals surface area (Å²) in [5.41, 5.74) is 0.978. The van der Waals surface area contributed by atoms with Crippen LogP contribution in [0.15, 0.2) is 30.6 Å². The molecule has 0 aliphatic heterocycles. The molecule has 4 nitrogen and oxygen atoms in total. The van der Waals surface area contributed by atoms with Crippen molar-refractivity contribution in [3.8, 4) is 0 Å². The van der Waals surface area contributed by atoms with Crippen LogP contribution in [0.25, 0.3) is 0 Å². The summed E-state index contributed by atoms with van der Waals surface area (Å²) in [4.78, 5) is 13.4. The number of halogens is 2. The van der Waals surface area contributed by atoms with Crippen LogP contribution in [0.3, 0.4) is 0 Å². The highest BCUT2D eigenvalue weighted by Crippen LogP contribution is 2.12. The Morgan fingerprint density at radius 3 is 2.68 bits per heavy atom. The van der Waals surface area contributed by atoms with E-state index in [0.717, 1.165) is 17.7 Å². The van der Waals surface area contributed by atoms with E-state index in [1.54, 1.807) is 31.2 Å². The number of carbonyl (C=O) groups excluding carboxylic acids is 1. The summed E-state index contributed by atoms with van der Waals surface area (Å²) in [7, 11) is 3.37. The van der Waals surface area contributed by atoms with Gasteiger partial charge in [-0.05, 0) is 18.2 Å². The first-order valence-corrected chi connectivity index (χ1v) is 5.65. The van der Waals surface area contributed by atoms with Crippen molar-refractivity contribution in [3.05, 3.63) is 53.4 Å². The smallest absolute Gasteiger partial charge is 0.254 e. The van der Waals surface area contributed by atoms with E-state index in [1.807, 2.05) is 0 Å². The van der Waals surface area contributed by atoms with Crippen molar-refractivity contribution < 1.29 is 13.6 Å². The van der Waals surface area contributed by atoms with Gasteiger partial charge >= 0.3 is 0 Å². The van der Waals surface area contributed by atoms with E-state index in [4.69, 9.17) is 0 Å². The molecule has 0 bridgehead atoms. The molecular formula is C13H13F2N3O. The number of rotatable bonds is 3. The largest absolute Gasteiger partial charge is 0.337 e. The number of hydrogen-bond donors (Lipinski definition) is 0. The van der Waals surface area contributed by atoms with Crippen LogP contribution in [0.5, 0.6) is 0 Å². The number of amides is 1. The fraction of sp³-hybridized carbons (Fsp3) is 0.231. The van der Waals surface area contributed by atoms with Gasteiger partial charge in [-0.25, -0.2) is 8.78 Å². The molecule has 0 aliphatic rings. The number of nitrogens with zero attached hydrogens (tertiary/aromatic N) is 3. The highest BCUT2D eigenvalue weighted by Gasteiger charge is 2.14. The molecule has 0 saturated carbocycles. The molecule has 0 aliphatic carbocycles. The summed E-state index contributed by atoms with van der Waals surface area (Å²) in [6.07, 6.45) is 3.43. The SMILES string of the molecule is CN(Cc1cnn(C)c1)C(=O)c1ccc(F)c(F)c1. The molecule has 0 atom stereocenters. The van der Waals surface area contributed by atoms with Crippen LogP contribution in [-0.4, -0.2) is 27.6 Å². The van der Waals surface area contributed by atoms with E-state index in [9.17, 15) is 13.6 Å². The van der Waals surface area contributed by atoms with Gasteiger partial charge in [0, 0.05) is 38.0 Å². The summed E-state index contributed by atoms with van der Waals surface area (Å²) in [5.74, 6) is -2.37. The highest BCUT2D eigenvalue weighted by molar-refractivity contribution is 5.94. The molecule has 0 N–H and O–H groups in total. The molecule has 1 amide bonds. The van der Waals surface area contributed by atoms with Crippen molar-refractivity contribution in [2.75, 3.05) is 7.05 Å². The third kappa shape index (κ3) is 2.96. The molecule has 100 valence electrons. The second-order valence-electron chi connectivity index (χ2n) is 4.31. The Bertz CT molecular complexity index is 610. The van der Waals surface area contributed by atoms with Crippen molar-refractivity contribution in [1.29, 1.82) is 0 Å². The van der Waals surface area contributed by atoms with Crippen LogP contribution in [-0.2, 0) is 13.6 Å². The predicted molar refractivity (Wildman–Crippen MR) is 65.4 cm³/mol. The van der Waals surface area contributed by atoms with Gasteiger partial charge in [0.2, 0.25) is 0 Å². The normalized spacial score (nSPS) is 10.5. The van der Waals surface area contributed by atoms with Crippen molar-refractivity contribution in [2.24, 2.45) is 7.05 Å². The van der Waals surface area contributed by atoms with Gasteiger partial charge in [-0.3, -0.25) is 9.48 Å². The lowest BCUT2D eigenvalue weighted by atomic mass is 10.2. The molecule has 19 heavy (non-hydrogen) atoms. The number of aromatic nitrogens is 2. The fourth-order valence-electron chi connectivity index (χ4n) is 1.75. The van der Waals surface area contributed by atoms with Crippen molar-refractivity contribution >= 4 is 5.91 Å². The van der Waals surface area contributed by atoms with Gasteiger partial charge in [0.15, 0.2) is 11.6 Å². The predicted octanol–water partition coefficient (Wildman–Crippen LogP) is 1.97. The van der Waals surface area contributed by atoms with Crippen LogP contribution < -0.4 is 0 Å². The Hall–Kier alpha value is -2.24. The Labute approximate surface area is 109 Å². The molecule has 1 aromatic heterocycles. The van der Waals surface area contributed by atoms with Crippen LogP contribution in [0.4, 0.5) is 8.78 Å². The molecule has 0 saturated heterocycles. The van der Waals surface area contributed by atoms with Crippen LogP contribution in [0.2, 0.25) is 0 Å². The monoisotopic (exact) mass is 265 g/mol. The van der Waals surface area contributed by atoms with Crippen LogP contribution >= 0.6 is 0 Å². The summed E-state index contributed by atoms with van der Waals surface area (Å²) in [6.45, 7) is 0.353. The molecule has 2 aromatic rings. The quantitative estimate of drug-likeness (QED) is 0.851. The molecule has 1 aromatic carbocycles. The summed E-state index contributed by atoms with van der Waals surface area (Å²) in [6, 6.07) is 3.11. The first-order valence-electron chi connectivity index (χ1n) is 5.65. The van der Waals surface area contributed by atoms with Gasteiger partial charge < -0.3 is 4.90 Å². The minimum Gasteiger partial charge on any atom is -0.337 e. The number of hydrogen-bond acceptors (Lipinski definition) is 2. The molecule has 1 heterocycles. The third-order valence-corrected chi connectivity index (χ3v) is 2.69. The zero-order valence-electron chi connectivity index (χ0n) is 10.6. The number of carbonyl (C=O) groups is 1. The zero-order chi connectivity index (χ0) is 14.0. The molecule has 0 radical (unpaired) electrons. The van der Waals surface area contributed by atoms with E-state index in [1.165, 1.54) is 11.0 Å². The van der Waals surface area contributed by atoms with Crippen LogP contribution in [0.1, 0.15) is 15.9 Å². The van der Waals surface area contributed by atoms with Crippen molar-refractivity contribution in [2.45, 2.75) is 6.54 Å². The lowest BCUT2D eigenvalue weighted by Gasteiger charge is -2.16. The Kier molecular flexibility index (Phi) is 3.59. The number of aryl methyl sites for hydroxylation is 1. The third-order valence-electron chi connectivity index (χ3n) is 2.69. The van der Waals surface area contributed by atoms with Crippen LogP contribution in [0, 0.1) is 11.6 Å². The Morgan fingerprint density at radius 1 is 1.37 bits per heavy atom. The zero-order valence-corrected chi connectivity index (χ0v) is 10.6. The van der Waals surface area contributed by atoms with Gasteiger partial charge in [-0.1, -0.05) is 0 Å². The molecule has 2 rings (SSSR count). The van der Waals surface area contributed by atoms with Gasteiger partial charge in [0.25, 0.3) is 5.91 Å². The maximum Gasteiger partial charge on any atom is 0.254 e. The molecule has 6 heteroatoms. The van der Waals surface area contributed by atoms with Gasteiger partial charge in [0.05, 0.1) is 6.20 Å². The molecule has 0 spiro atoms. The lowest BCUT2D eigenvalue weighted by Crippen LogP contribution is -2.26. The Morgan fingerprint density at radius 2 is 2.11 bits per heavy atom. The van der Waals surface area contributed by atoms with E-state index in [2.05, 4.69) is 5.10 Å². The first-order chi connectivity index (χ1) is 8.97. The molecular weight excluding hydrogens is 252 g/mol. The topological polar surface area (TPSA) is 38.1 Å². The Balaban J connectivity index is 2.12. The summed E-state index contributed by atoms with van der Waals surface area (Å²) in [5, 5.41) is 4.00. The van der Waals surface area contributed by atoms with E-state index < -0.39 is 11.6 Å². The van der Waals surface area contributed by atoms with Gasteiger partial charge in [-0.2, -0.15) is 5.10 Å². The first kappa shape index (κ1) is 13.2. The summed E-state index contributed by atoms with van der Waals surface area (Å²) < 4.78 is 27.5.